The van der Waals surface area contributed by atoms with Crippen LogP contribution in [-0.2, 0) is 10.2 Å². The molecule has 1 N–H and O–H groups in total. The Balaban J connectivity index is 2.33. The molecule has 114 valence electrons. The molecule has 20 heavy (non-hydrogen) atoms. The van der Waals surface area contributed by atoms with E-state index in [4.69, 9.17) is 9.47 Å². The van der Waals surface area contributed by atoms with Crippen molar-refractivity contribution in [2.24, 2.45) is 0 Å². The van der Waals surface area contributed by atoms with E-state index in [2.05, 4.69) is 57.3 Å². The highest BCUT2D eigenvalue weighted by atomic mass is 16.5. The van der Waals surface area contributed by atoms with Gasteiger partial charge in [-0.15, -0.1) is 0 Å². The largest absolute Gasteiger partial charge is 0.489 e. The van der Waals surface area contributed by atoms with Gasteiger partial charge in [0.05, 0.1) is 0 Å². The van der Waals surface area contributed by atoms with E-state index < -0.39 is 0 Å². The van der Waals surface area contributed by atoms with Gasteiger partial charge in [0, 0.05) is 20.3 Å². The summed E-state index contributed by atoms with van der Waals surface area (Å²) in [5.74, 6) is 0.934. The van der Waals surface area contributed by atoms with Crippen LogP contribution < -0.4 is 10.1 Å². The van der Waals surface area contributed by atoms with Crippen LogP contribution in [0.2, 0.25) is 0 Å². The van der Waals surface area contributed by atoms with Crippen LogP contribution in [0, 0.1) is 0 Å². The van der Waals surface area contributed by atoms with Gasteiger partial charge in [0.1, 0.15) is 11.9 Å². The van der Waals surface area contributed by atoms with Gasteiger partial charge in [-0.05, 0) is 43.0 Å². The van der Waals surface area contributed by atoms with Crippen molar-refractivity contribution in [1.82, 2.24) is 5.32 Å². The number of benzene rings is 1. The lowest BCUT2D eigenvalue weighted by molar-refractivity contribution is 0.188. The van der Waals surface area contributed by atoms with Gasteiger partial charge in [0.2, 0.25) is 0 Å². The topological polar surface area (TPSA) is 30.5 Å². The van der Waals surface area contributed by atoms with Gasteiger partial charge in [-0.1, -0.05) is 32.9 Å². The second-order valence-electron chi connectivity index (χ2n) is 6.25. The predicted octanol–water partition coefficient (Wildman–Crippen LogP) is 3.38. The van der Waals surface area contributed by atoms with E-state index in [1.807, 2.05) is 0 Å². The Bertz CT molecular complexity index is 368. The van der Waals surface area contributed by atoms with Crippen LogP contribution in [0.3, 0.4) is 0 Å². The Morgan fingerprint density at radius 1 is 1.15 bits per heavy atom. The maximum atomic E-state index is 5.89. The SMILES string of the molecule is COCCCNC[C@@H](C)Oc1ccc(C(C)(C)C)cc1. The minimum absolute atomic E-state index is 0.165. The highest BCUT2D eigenvalue weighted by Gasteiger charge is 2.13. The Labute approximate surface area is 123 Å². The second-order valence-corrected chi connectivity index (χ2v) is 6.25. The summed E-state index contributed by atoms with van der Waals surface area (Å²) in [6, 6.07) is 8.41. The van der Waals surface area contributed by atoms with Gasteiger partial charge >= 0.3 is 0 Å². The second kappa shape index (κ2) is 8.28. The molecule has 0 aliphatic carbocycles. The van der Waals surface area contributed by atoms with Gasteiger partial charge in [-0.2, -0.15) is 0 Å². The molecule has 0 heterocycles. The first kappa shape index (κ1) is 17.0. The van der Waals surface area contributed by atoms with E-state index in [0.29, 0.717) is 0 Å². The summed E-state index contributed by atoms with van der Waals surface area (Å²) in [6.07, 6.45) is 1.20. The maximum absolute atomic E-state index is 5.89. The summed E-state index contributed by atoms with van der Waals surface area (Å²) in [5, 5.41) is 3.37. The van der Waals surface area contributed by atoms with Gasteiger partial charge in [-0.25, -0.2) is 0 Å². The fraction of sp³-hybridized carbons (Fsp3) is 0.647. The molecule has 0 spiro atoms. The summed E-state index contributed by atoms with van der Waals surface area (Å²) in [5.41, 5.74) is 1.52. The lowest BCUT2D eigenvalue weighted by atomic mass is 9.87. The molecule has 0 saturated carbocycles. The number of hydrogen-bond acceptors (Lipinski definition) is 3. The molecule has 3 heteroatoms. The fourth-order valence-electron chi connectivity index (χ4n) is 1.95. The Hall–Kier alpha value is -1.06. The zero-order valence-electron chi connectivity index (χ0n) is 13.5. The molecular formula is C17H29NO2. The van der Waals surface area contributed by atoms with Gasteiger partial charge in [-0.3, -0.25) is 0 Å². The summed E-state index contributed by atoms with van der Waals surface area (Å²) in [6.45, 7) is 11.4. The van der Waals surface area contributed by atoms with Crippen LogP contribution in [0.5, 0.6) is 5.75 Å². The van der Waals surface area contributed by atoms with Crippen molar-refractivity contribution in [3.63, 3.8) is 0 Å². The predicted molar refractivity (Wildman–Crippen MR) is 84.6 cm³/mol. The third-order valence-corrected chi connectivity index (χ3v) is 3.19. The average Bonchev–Trinajstić information content (AvgIpc) is 2.38. The molecule has 0 aliphatic rings. The van der Waals surface area contributed by atoms with Crippen LogP contribution >= 0.6 is 0 Å². The quantitative estimate of drug-likeness (QED) is 0.740. The van der Waals surface area contributed by atoms with E-state index in [1.54, 1.807) is 7.11 Å². The highest BCUT2D eigenvalue weighted by molar-refractivity contribution is 5.31. The zero-order valence-corrected chi connectivity index (χ0v) is 13.5. The Morgan fingerprint density at radius 3 is 2.35 bits per heavy atom. The Morgan fingerprint density at radius 2 is 1.80 bits per heavy atom. The van der Waals surface area contributed by atoms with Crippen LogP contribution in [0.1, 0.15) is 39.7 Å². The van der Waals surface area contributed by atoms with Crippen molar-refractivity contribution in [3.8, 4) is 5.75 Å². The monoisotopic (exact) mass is 279 g/mol. The Kier molecular flexibility index (Phi) is 7.03. The molecule has 1 atom stereocenters. The number of methoxy groups -OCH3 is 1. The zero-order chi connectivity index (χ0) is 15.0. The van der Waals surface area contributed by atoms with Crippen LogP contribution in [0.25, 0.3) is 0 Å². The standard InChI is InChI=1S/C17H29NO2/c1-14(13-18-11-6-12-19-5)20-16-9-7-15(8-10-16)17(2,3)4/h7-10,14,18H,6,11-13H2,1-5H3/t14-/m1/s1. The van der Waals surface area contributed by atoms with Crippen molar-refractivity contribution in [2.75, 3.05) is 26.8 Å². The van der Waals surface area contributed by atoms with Gasteiger partial charge in [0.15, 0.2) is 0 Å². The maximum Gasteiger partial charge on any atom is 0.119 e. The first-order chi connectivity index (χ1) is 9.43. The average molecular weight is 279 g/mol. The lowest BCUT2D eigenvalue weighted by Crippen LogP contribution is -2.30. The van der Waals surface area contributed by atoms with Gasteiger partial charge < -0.3 is 14.8 Å². The molecule has 3 nitrogen and oxygen atoms in total. The first-order valence-corrected chi connectivity index (χ1v) is 7.40. The molecule has 0 bridgehead atoms. The van der Waals surface area contributed by atoms with Gasteiger partial charge in [0.25, 0.3) is 0 Å². The lowest BCUT2D eigenvalue weighted by Gasteiger charge is -2.20. The summed E-state index contributed by atoms with van der Waals surface area (Å²) in [7, 11) is 1.73. The van der Waals surface area contributed by atoms with E-state index in [9.17, 15) is 0 Å². The molecule has 0 amide bonds. The van der Waals surface area contributed by atoms with Crippen LogP contribution in [0.4, 0.5) is 0 Å². The van der Waals surface area contributed by atoms with E-state index in [1.165, 1.54) is 5.56 Å². The minimum atomic E-state index is 0.165. The first-order valence-electron chi connectivity index (χ1n) is 7.40. The van der Waals surface area contributed by atoms with Crippen molar-refractivity contribution < 1.29 is 9.47 Å². The van der Waals surface area contributed by atoms with E-state index in [-0.39, 0.29) is 11.5 Å². The molecule has 0 saturated heterocycles. The number of nitrogens with one attached hydrogen (secondary N) is 1. The molecule has 1 rings (SSSR count). The van der Waals surface area contributed by atoms with Crippen molar-refractivity contribution >= 4 is 0 Å². The van der Waals surface area contributed by atoms with Crippen LogP contribution in [0.15, 0.2) is 24.3 Å². The summed E-state index contributed by atoms with van der Waals surface area (Å²) < 4.78 is 10.9. The molecule has 1 aromatic carbocycles. The van der Waals surface area contributed by atoms with E-state index >= 15 is 0 Å². The molecule has 0 fully saturated rings. The molecule has 1 aromatic rings. The summed E-state index contributed by atoms with van der Waals surface area (Å²) >= 11 is 0. The number of hydrogen-bond donors (Lipinski definition) is 1. The fourth-order valence-corrected chi connectivity index (χ4v) is 1.95. The van der Waals surface area contributed by atoms with Crippen molar-refractivity contribution in [2.45, 2.75) is 45.6 Å². The van der Waals surface area contributed by atoms with Crippen LogP contribution in [-0.4, -0.2) is 32.9 Å². The molecule has 0 radical (unpaired) electrons. The smallest absolute Gasteiger partial charge is 0.119 e. The minimum Gasteiger partial charge on any atom is -0.489 e. The third kappa shape index (κ3) is 6.40. The highest BCUT2D eigenvalue weighted by Crippen LogP contribution is 2.24. The van der Waals surface area contributed by atoms with E-state index in [0.717, 1.165) is 31.9 Å². The summed E-state index contributed by atoms with van der Waals surface area (Å²) in [4.78, 5) is 0. The third-order valence-electron chi connectivity index (χ3n) is 3.19. The van der Waals surface area contributed by atoms with Crippen molar-refractivity contribution in [3.05, 3.63) is 29.8 Å². The van der Waals surface area contributed by atoms with Crippen molar-refractivity contribution in [1.29, 1.82) is 0 Å². The molecular weight excluding hydrogens is 250 g/mol. The number of ether oxygens (including phenoxy) is 2. The molecule has 0 aromatic heterocycles. The normalized spacial score (nSPS) is 13.2. The molecule has 0 unspecified atom stereocenters. The number of rotatable bonds is 8. The molecule has 0 aliphatic heterocycles.